The van der Waals surface area contributed by atoms with Crippen LogP contribution in [0.4, 0.5) is 0 Å². The third kappa shape index (κ3) is 3.13. The van der Waals surface area contributed by atoms with E-state index in [1.54, 1.807) is 12.4 Å². The summed E-state index contributed by atoms with van der Waals surface area (Å²) >= 11 is 0. The topological polar surface area (TPSA) is 95.1 Å². The van der Waals surface area contributed by atoms with Crippen LogP contribution >= 0.6 is 0 Å². The minimum Gasteiger partial charge on any atom is -0.481 e. The van der Waals surface area contributed by atoms with Gasteiger partial charge in [0.1, 0.15) is 5.82 Å². The van der Waals surface area contributed by atoms with Crippen molar-refractivity contribution in [2.45, 2.75) is 32.7 Å². The summed E-state index contributed by atoms with van der Waals surface area (Å²) < 4.78 is 0. The van der Waals surface area contributed by atoms with Crippen molar-refractivity contribution in [2.75, 3.05) is 0 Å². The van der Waals surface area contributed by atoms with Crippen LogP contribution < -0.4 is 5.32 Å². The molecule has 0 bridgehead atoms. The lowest BCUT2D eigenvalue weighted by Crippen LogP contribution is -2.35. The summed E-state index contributed by atoms with van der Waals surface area (Å²) in [6, 6.07) is 0. The molecule has 3 unspecified atom stereocenters. The van der Waals surface area contributed by atoms with Gasteiger partial charge in [0.15, 0.2) is 0 Å². The fourth-order valence-electron chi connectivity index (χ4n) is 2.74. The standard InChI is InChI=1S/C13H19N3O3/c1-2-8-5-9(10(6-8)13(18)19)12(17)16-7-11-14-3-4-15-11/h3-4,8-10H,2,5-7H2,1H3,(H,14,15)(H,16,17)(H,18,19). The highest BCUT2D eigenvalue weighted by atomic mass is 16.4. The van der Waals surface area contributed by atoms with Gasteiger partial charge in [0.25, 0.3) is 0 Å². The van der Waals surface area contributed by atoms with Gasteiger partial charge in [-0.15, -0.1) is 0 Å². The van der Waals surface area contributed by atoms with Crippen LogP contribution in [-0.2, 0) is 16.1 Å². The van der Waals surface area contributed by atoms with Crippen molar-refractivity contribution in [3.63, 3.8) is 0 Å². The highest BCUT2D eigenvalue weighted by Gasteiger charge is 2.41. The zero-order chi connectivity index (χ0) is 13.8. The largest absolute Gasteiger partial charge is 0.481 e. The van der Waals surface area contributed by atoms with Gasteiger partial charge in [-0.2, -0.15) is 0 Å². The van der Waals surface area contributed by atoms with E-state index in [2.05, 4.69) is 15.3 Å². The van der Waals surface area contributed by atoms with E-state index in [0.717, 1.165) is 6.42 Å². The number of carboxylic acid groups (broad SMARTS) is 1. The fourth-order valence-corrected chi connectivity index (χ4v) is 2.74. The Bertz CT molecular complexity index is 444. The van der Waals surface area contributed by atoms with Crippen LogP contribution in [0.2, 0.25) is 0 Å². The van der Waals surface area contributed by atoms with Crippen molar-refractivity contribution in [3.05, 3.63) is 18.2 Å². The van der Waals surface area contributed by atoms with Crippen LogP contribution in [0, 0.1) is 17.8 Å². The van der Waals surface area contributed by atoms with Gasteiger partial charge in [-0.05, 0) is 18.8 Å². The highest BCUT2D eigenvalue weighted by Crippen LogP contribution is 2.38. The Balaban J connectivity index is 1.94. The molecule has 6 heteroatoms. The van der Waals surface area contributed by atoms with Gasteiger partial charge < -0.3 is 15.4 Å². The number of nitrogens with zero attached hydrogens (tertiary/aromatic N) is 1. The molecule has 1 aromatic rings. The Morgan fingerprint density at radius 1 is 1.47 bits per heavy atom. The summed E-state index contributed by atoms with van der Waals surface area (Å²) in [6.45, 7) is 2.35. The number of aromatic nitrogens is 2. The molecule has 3 N–H and O–H groups in total. The Morgan fingerprint density at radius 3 is 2.79 bits per heavy atom. The smallest absolute Gasteiger partial charge is 0.307 e. The Kier molecular flexibility index (Phi) is 4.19. The van der Waals surface area contributed by atoms with E-state index in [9.17, 15) is 14.7 Å². The van der Waals surface area contributed by atoms with E-state index in [1.165, 1.54) is 0 Å². The van der Waals surface area contributed by atoms with Crippen LogP contribution in [0.1, 0.15) is 32.0 Å². The molecule has 1 saturated carbocycles. The molecule has 3 atom stereocenters. The van der Waals surface area contributed by atoms with E-state index in [-0.39, 0.29) is 5.91 Å². The normalized spacial score (nSPS) is 26.3. The Hall–Kier alpha value is -1.85. The molecule has 0 radical (unpaired) electrons. The average molecular weight is 265 g/mol. The van der Waals surface area contributed by atoms with Crippen LogP contribution in [0.5, 0.6) is 0 Å². The van der Waals surface area contributed by atoms with Crippen molar-refractivity contribution in [2.24, 2.45) is 17.8 Å². The number of hydrogen-bond acceptors (Lipinski definition) is 3. The molecular weight excluding hydrogens is 246 g/mol. The monoisotopic (exact) mass is 265 g/mol. The third-order valence-corrected chi connectivity index (χ3v) is 3.88. The molecule has 0 spiro atoms. The number of carbonyl (C=O) groups is 2. The van der Waals surface area contributed by atoms with Crippen LogP contribution in [-0.4, -0.2) is 27.0 Å². The minimum absolute atomic E-state index is 0.181. The molecule has 6 nitrogen and oxygen atoms in total. The second-order valence-corrected chi connectivity index (χ2v) is 5.05. The van der Waals surface area contributed by atoms with Crippen molar-refractivity contribution in [1.29, 1.82) is 0 Å². The maximum atomic E-state index is 12.1. The Labute approximate surface area is 111 Å². The predicted molar refractivity (Wildman–Crippen MR) is 68.1 cm³/mol. The molecule has 0 aromatic carbocycles. The van der Waals surface area contributed by atoms with Crippen molar-refractivity contribution in [1.82, 2.24) is 15.3 Å². The second-order valence-electron chi connectivity index (χ2n) is 5.05. The lowest BCUT2D eigenvalue weighted by molar-refractivity contribution is -0.146. The molecule has 0 saturated heterocycles. The molecule has 0 aliphatic heterocycles. The van der Waals surface area contributed by atoms with E-state index in [1.807, 2.05) is 6.92 Å². The van der Waals surface area contributed by atoms with Gasteiger partial charge in [-0.3, -0.25) is 9.59 Å². The number of aliphatic carboxylic acids is 1. The van der Waals surface area contributed by atoms with E-state index < -0.39 is 17.8 Å². The molecule has 1 aliphatic rings. The van der Waals surface area contributed by atoms with Gasteiger partial charge in [-0.25, -0.2) is 4.98 Å². The van der Waals surface area contributed by atoms with Crippen LogP contribution in [0.25, 0.3) is 0 Å². The minimum atomic E-state index is -0.867. The molecule has 2 rings (SSSR count). The van der Waals surface area contributed by atoms with Gasteiger partial charge in [0.2, 0.25) is 5.91 Å². The van der Waals surface area contributed by atoms with Crippen molar-refractivity contribution >= 4 is 11.9 Å². The molecule has 1 aliphatic carbocycles. The number of nitrogens with one attached hydrogen (secondary N) is 2. The SMILES string of the molecule is CCC1CC(C(=O)O)C(C(=O)NCc2ncc[nH]2)C1. The number of rotatable bonds is 5. The first kappa shape index (κ1) is 13.6. The fraction of sp³-hybridized carbons (Fsp3) is 0.615. The van der Waals surface area contributed by atoms with Gasteiger partial charge in [0.05, 0.1) is 18.4 Å². The van der Waals surface area contributed by atoms with E-state index in [0.29, 0.717) is 31.1 Å². The first-order chi connectivity index (χ1) is 9.11. The third-order valence-electron chi connectivity index (χ3n) is 3.88. The first-order valence-corrected chi connectivity index (χ1v) is 6.60. The maximum Gasteiger partial charge on any atom is 0.307 e. The lowest BCUT2D eigenvalue weighted by atomic mass is 9.95. The lowest BCUT2D eigenvalue weighted by Gasteiger charge is -2.14. The van der Waals surface area contributed by atoms with Gasteiger partial charge in [0, 0.05) is 12.4 Å². The number of amides is 1. The van der Waals surface area contributed by atoms with Gasteiger partial charge >= 0.3 is 5.97 Å². The number of H-pyrrole nitrogens is 1. The summed E-state index contributed by atoms with van der Waals surface area (Å²) in [5.74, 6) is -1.02. The molecule has 104 valence electrons. The zero-order valence-electron chi connectivity index (χ0n) is 10.9. The molecule has 1 aromatic heterocycles. The number of imidazole rings is 1. The van der Waals surface area contributed by atoms with Crippen LogP contribution in [0.15, 0.2) is 12.4 Å². The second kappa shape index (κ2) is 5.86. The predicted octanol–water partition coefficient (Wildman–Crippen LogP) is 1.16. The molecule has 1 fully saturated rings. The molecule has 19 heavy (non-hydrogen) atoms. The molecule has 1 amide bonds. The molecular formula is C13H19N3O3. The number of hydrogen-bond donors (Lipinski definition) is 3. The maximum absolute atomic E-state index is 12.1. The zero-order valence-corrected chi connectivity index (χ0v) is 10.9. The summed E-state index contributed by atoms with van der Waals surface area (Å²) in [6.07, 6.45) is 5.49. The highest BCUT2D eigenvalue weighted by molar-refractivity contribution is 5.85. The quantitative estimate of drug-likeness (QED) is 0.744. The number of carbonyl (C=O) groups excluding carboxylic acids is 1. The summed E-state index contributed by atoms with van der Waals surface area (Å²) in [5, 5.41) is 12.0. The van der Waals surface area contributed by atoms with E-state index >= 15 is 0 Å². The summed E-state index contributed by atoms with van der Waals surface area (Å²) in [4.78, 5) is 30.2. The number of aromatic amines is 1. The number of carboxylic acids is 1. The summed E-state index contributed by atoms with van der Waals surface area (Å²) in [5.41, 5.74) is 0. The summed E-state index contributed by atoms with van der Waals surface area (Å²) in [7, 11) is 0. The van der Waals surface area contributed by atoms with Gasteiger partial charge in [-0.1, -0.05) is 13.3 Å². The first-order valence-electron chi connectivity index (χ1n) is 6.60. The van der Waals surface area contributed by atoms with Crippen molar-refractivity contribution < 1.29 is 14.7 Å². The average Bonchev–Trinajstić information content (AvgIpc) is 3.04. The van der Waals surface area contributed by atoms with E-state index in [4.69, 9.17) is 0 Å². The Morgan fingerprint density at radius 2 is 2.21 bits per heavy atom. The van der Waals surface area contributed by atoms with Crippen molar-refractivity contribution in [3.8, 4) is 0 Å². The van der Waals surface area contributed by atoms with Crippen LogP contribution in [0.3, 0.4) is 0 Å². The molecule has 1 heterocycles.